The zero-order valence-electron chi connectivity index (χ0n) is 20.6. The van der Waals surface area contributed by atoms with Gasteiger partial charge in [-0.1, -0.05) is 23.2 Å². The van der Waals surface area contributed by atoms with Gasteiger partial charge in [0.25, 0.3) is 17.5 Å². The minimum absolute atomic E-state index is 0.0542. The predicted molar refractivity (Wildman–Crippen MR) is 156 cm³/mol. The fourth-order valence-corrected chi connectivity index (χ4v) is 4.70. The van der Waals surface area contributed by atoms with Crippen LogP contribution in [0.4, 0.5) is 21.9 Å². The normalized spacial score (nSPS) is 14.2. The van der Waals surface area contributed by atoms with E-state index in [2.05, 4.69) is 5.32 Å². The van der Waals surface area contributed by atoms with Crippen LogP contribution < -0.4 is 19.7 Å². The van der Waals surface area contributed by atoms with E-state index in [0.717, 1.165) is 23.1 Å². The van der Waals surface area contributed by atoms with Crippen molar-refractivity contribution in [1.29, 1.82) is 0 Å². The lowest BCUT2D eigenvalue weighted by atomic mass is 10.1. The summed E-state index contributed by atoms with van der Waals surface area (Å²) in [5, 5.41) is 25.0. The number of hydrogen-bond donors (Lipinski definition) is 1. The highest BCUT2D eigenvalue weighted by atomic mass is 127. The van der Waals surface area contributed by atoms with Crippen molar-refractivity contribution < 1.29 is 33.7 Å². The summed E-state index contributed by atoms with van der Waals surface area (Å²) in [6.07, 6.45) is 1.23. The maximum absolute atomic E-state index is 13.3. The van der Waals surface area contributed by atoms with Crippen molar-refractivity contribution in [2.45, 2.75) is 6.92 Å². The Morgan fingerprint density at radius 2 is 1.71 bits per heavy atom. The number of hydrogen-bond acceptors (Lipinski definition) is 9. The average Bonchev–Trinajstić information content (AvgIpc) is 2.90. The molecule has 4 rings (SSSR count). The number of amides is 4. The standard InChI is InChI=1S/C25H15Cl2IN4O9/c1-2-40-21-9-12(8-18(28)22(21)41-20-6-4-14(31(36)37)11-19(20)32(38)39)7-15-23(33)29-25(35)30(24(15)34)13-3-5-16(26)17(27)10-13/h3-11H,2H2,1H3,(H,29,33,35)/b15-7+. The molecule has 1 aliphatic rings. The van der Waals surface area contributed by atoms with Crippen LogP contribution in [0.1, 0.15) is 12.5 Å². The van der Waals surface area contributed by atoms with Crippen LogP contribution in [0.3, 0.4) is 0 Å². The fourth-order valence-electron chi connectivity index (χ4n) is 3.67. The lowest BCUT2D eigenvalue weighted by Crippen LogP contribution is -2.54. The zero-order chi connectivity index (χ0) is 30.0. The van der Waals surface area contributed by atoms with Crippen LogP contribution >= 0.6 is 45.8 Å². The van der Waals surface area contributed by atoms with E-state index < -0.39 is 39.1 Å². The third kappa shape index (κ3) is 6.23. The highest BCUT2D eigenvalue weighted by Crippen LogP contribution is 2.42. The van der Waals surface area contributed by atoms with Gasteiger partial charge >= 0.3 is 11.7 Å². The number of rotatable bonds is 8. The van der Waals surface area contributed by atoms with Crippen LogP contribution in [0.5, 0.6) is 17.2 Å². The number of benzene rings is 3. The van der Waals surface area contributed by atoms with Crippen molar-refractivity contribution in [2.24, 2.45) is 0 Å². The lowest BCUT2D eigenvalue weighted by Gasteiger charge is -2.26. The molecule has 16 heteroatoms. The van der Waals surface area contributed by atoms with Gasteiger partial charge in [0.2, 0.25) is 5.75 Å². The summed E-state index contributed by atoms with van der Waals surface area (Å²) in [6, 6.07) is 8.95. The second-order valence-electron chi connectivity index (χ2n) is 8.09. The van der Waals surface area contributed by atoms with Crippen molar-refractivity contribution in [2.75, 3.05) is 11.5 Å². The Morgan fingerprint density at radius 3 is 2.34 bits per heavy atom. The van der Waals surface area contributed by atoms with Gasteiger partial charge in [0.15, 0.2) is 11.5 Å². The van der Waals surface area contributed by atoms with E-state index in [-0.39, 0.29) is 45.2 Å². The number of anilines is 1. The van der Waals surface area contributed by atoms with Gasteiger partial charge in [-0.25, -0.2) is 9.69 Å². The molecule has 0 radical (unpaired) electrons. The number of carbonyl (C=O) groups is 3. The Kier molecular flexibility index (Phi) is 8.74. The van der Waals surface area contributed by atoms with E-state index in [4.69, 9.17) is 32.7 Å². The van der Waals surface area contributed by atoms with Gasteiger partial charge < -0.3 is 9.47 Å². The number of ether oxygens (including phenoxy) is 2. The number of nitro benzene ring substituents is 2. The van der Waals surface area contributed by atoms with Crippen molar-refractivity contribution in [3.05, 3.63) is 93.5 Å². The molecule has 1 heterocycles. The molecule has 0 unspecified atom stereocenters. The molecule has 0 atom stereocenters. The van der Waals surface area contributed by atoms with E-state index in [1.165, 1.54) is 36.4 Å². The first-order valence-electron chi connectivity index (χ1n) is 11.3. The summed E-state index contributed by atoms with van der Waals surface area (Å²) in [6.45, 7) is 1.82. The molecule has 0 aromatic heterocycles. The monoisotopic (exact) mass is 712 g/mol. The van der Waals surface area contributed by atoms with E-state index in [0.29, 0.717) is 9.13 Å². The Balaban J connectivity index is 1.74. The van der Waals surface area contributed by atoms with Crippen molar-refractivity contribution in [1.82, 2.24) is 5.32 Å². The van der Waals surface area contributed by atoms with E-state index in [1.807, 2.05) is 22.6 Å². The molecule has 210 valence electrons. The number of urea groups is 1. The quantitative estimate of drug-likeness (QED) is 0.0929. The Hall–Kier alpha value is -4.28. The van der Waals surface area contributed by atoms with Gasteiger partial charge in [-0.3, -0.25) is 35.1 Å². The lowest BCUT2D eigenvalue weighted by molar-refractivity contribution is -0.394. The van der Waals surface area contributed by atoms with Gasteiger partial charge in [-0.05, 0) is 77.6 Å². The molecular formula is C25H15Cl2IN4O9. The molecule has 1 aliphatic heterocycles. The summed E-state index contributed by atoms with van der Waals surface area (Å²) < 4.78 is 11.8. The molecular weight excluding hydrogens is 698 g/mol. The van der Waals surface area contributed by atoms with Crippen LogP contribution in [0.25, 0.3) is 6.08 Å². The Labute approximate surface area is 254 Å². The maximum atomic E-state index is 13.3. The largest absolute Gasteiger partial charge is 0.490 e. The predicted octanol–water partition coefficient (Wildman–Crippen LogP) is 6.27. The minimum atomic E-state index is -0.978. The van der Waals surface area contributed by atoms with Crippen LogP contribution in [0.2, 0.25) is 10.0 Å². The number of nitrogens with zero attached hydrogens (tertiary/aromatic N) is 3. The fraction of sp³-hybridized carbons (Fsp3) is 0.0800. The second kappa shape index (κ2) is 12.1. The summed E-state index contributed by atoms with van der Waals surface area (Å²) in [5.41, 5.74) is -1.13. The van der Waals surface area contributed by atoms with E-state index in [9.17, 15) is 34.6 Å². The smallest absolute Gasteiger partial charge is 0.335 e. The number of non-ortho nitro benzene ring substituents is 1. The zero-order valence-corrected chi connectivity index (χ0v) is 24.2. The molecule has 1 saturated heterocycles. The minimum Gasteiger partial charge on any atom is -0.490 e. The van der Waals surface area contributed by atoms with Gasteiger partial charge in [-0.2, -0.15) is 0 Å². The highest BCUT2D eigenvalue weighted by molar-refractivity contribution is 14.1. The van der Waals surface area contributed by atoms with Crippen LogP contribution in [0.15, 0.2) is 54.1 Å². The molecule has 3 aromatic carbocycles. The van der Waals surface area contributed by atoms with Gasteiger partial charge in [0, 0.05) is 6.07 Å². The van der Waals surface area contributed by atoms with Crippen LogP contribution in [-0.4, -0.2) is 34.3 Å². The first-order chi connectivity index (χ1) is 19.4. The summed E-state index contributed by atoms with van der Waals surface area (Å²) >= 11 is 13.8. The van der Waals surface area contributed by atoms with Crippen molar-refractivity contribution in [3.8, 4) is 17.2 Å². The average molecular weight is 713 g/mol. The van der Waals surface area contributed by atoms with Crippen molar-refractivity contribution in [3.63, 3.8) is 0 Å². The third-order valence-electron chi connectivity index (χ3n) is 5.47. The molecule has 3 aromatic rings. The topological polar surface area (TPSA) is 171 Å². The number of carbonyl (C=O) groups excluding carboxylic acids is 3. The molecule has 41 heavy (non-hydrogen) atoms. The Bertz CT molecular complexity index is 1680. The van der Waals surface area contributed by atoms with Crippen molar-refractivity contribution >= 4 is 86.8 Å². The number of halogens is 3. The van der Waals surface area contributed by atoms with Gasteiger partial charge in [-0.15, -0.1) is 0 Å². The Morgan fingerprint density at radius 1 is 0.976 bits per heavy atom. The summed E-state index contributed by atoms with van der Waals surface area (Å²) in [7, 11) is 0. The highest BCUT2D eigenvalue weighted by Gasteiger charge is 2.37. The summed E-state index contributed by atoms with van der Waals surface area (Å²) in [4.78, 5) is 60.2. The molecule has 4 amide bonds. The first kappa shape index (κ1) is 29.7. The van der Waals surface area contributed by atoms with Crippen LogP contribution in [0, 0.1) is 23.8 Å². The molecule has 1 fully saturated rings. The van der Waals surface area contributed by atoms with E-state index >= 15 is 0 Å². The molecule has 0 aliphatic carbocycles. The number of barbiturate groups is 1. The maximum Gasteiger partial charge on any atom is 0.335 e. The van der Waals surface area contributed by atoms with Crippen LogP contribution in [-0.2, 0) is 9.59 Å². The first-order valence-corrected chi connectivity index (χ1v) is 13.2. The van der Waals surface area contributed by atoms with Gasteiger partial charge in [0.1, 0.15) is 5.57 Å². The molecule has 13 nitrogen and oxygen atoms in total. The molecule has 0 spiro atoms. The SMILES string of the molecule is CCOc1cc(/C=C2\C(=O)NC(=O)N(c3ccc(Cl)c(Cl)c3)C2=O)cc(I)c1Oc1ccc([N+](=O)[O-])cc1[N+](=O)[O-]. The molecule has 0 saturated carbocycles. The molecule has 0 bridgehead atoms. The van der Waals surface area contributed by atoms with E-state index in [1.54, 1.807) is 6.92 Å². The summed E-state index contributed by atoms with van der Waals surface area (Å²) in [5.74, 6) is -1.99. The van der Waals surface area contributed by atoms with Gasteiger partial charge in [0.05, 0.1) is 41.8 Å². The second-order valence-corrected chi connectivity index (χ2v) is 10.1. The number of nitrogens with one attached hydrogen (secondary N) is 1. The molecule has 1 N–H and O–H groups in total. The number of nitro groups is 2. The third-order valence-corrected chi connectivity index (χ3v) is 7.01. The number of imide groups is 2.